The predicted octanol–water partition coefficient (Wildman–Crippen LogP) is 7.05. The van der Waals surface area contributed by atoms with Crippen LogP contribution in [0.1, 0.15) is 65.1 Å². The molecule has 270 valence electrons. The molecule has 3 N–H and O–H groups in total. The molecule has 10 heteroatoms. The van der Waals surface area contributed by atoms with Gasteiger partial charge in [-0.2, -0.15) is 5.26 Å². The molecule has 9 nitrogen and oxygen atoms in total. The van der Waals surface area contributed by atoms with Gasteiger partial charge < -0.3 is 34.6 Å². The highest BCUT2D eigenvalue weighted by molar-refractivity contribution is 6.33. The molecule has 5 rings (SSSR count). The van der Waals surface area contributed by atoms with E-state index >= 15 is 0 Å². The molecule has 3 aromatic carbocycles. The molecular formula is C41H49ClN4O5. The minimum atomic E-state index is -0.906. The zero-order valence-corrected chi connectivity index (χ0v) is 30.9. The summed E-state index contributed by atoms with van der Waals surface area (Å²) in [6.45, 7) is 12.2. The Morgan fingerprint density at radius 3 is 2.31 bits per heavy atom. The van der Waals surface area contributed by atoms with Gasteiger partial charge in [-0.15, -0.1) is 0 Å². The fourth-order valence-corrected chi connectivity index (χ4v) is 6.53. The number of benzene rings is 3. The molecule has 0 atom stereocenters. The second kappa shape index (κ2) is 17.9. The van der Waals surface area contributed by atoms with Gasteiger partial charge in [-0.25, -0.2) is 0 Å². The first kappa shape index (κ1) is 38.1. The van der Waals surface area contributed by atoms with Crippen molar-refractivity contribution in [3.8, 4) is 34.4 Å². The Morgan fingerprint density at radius 2 is 1.59 bits per heavy atom. The number of hydrogen-bond donors (Lipinski definition) is 3. The van der Waals surface area contributed by atoms with Gasteiger partial charge >= 0.3 is 0 Å². The Hall–Kier alpha value is -4.17. The number of rotatable bonds is 17. The summed E-state index contributed by atoms with van der Waals surface area (Å²) < 4.78 is 19.0. The number of nitriles is 1. The maximum atomic E-state index is 9.86. The largest absolute Gasteiger partial charge is 0.493 e. The number of halogens is 1. The fraction of sp³-hybridized carbons (Fsp3) is 0.415. The molecule has 0 amide bonds. The maximum Gasteiger partial charge on any atom is 0.142 e. The van der Waals surface area contributed by atoms with Crippen LogP contribution in [0.3, 0.4) is 0 Å². The van der Waals surface area contributed by atoms with Crippen LogP contribution in [0, 0.1) is 32.1 Å². The molecule has 0 unspecified atom stereocenters. The van der Waals surface area contributed by atoms with Crippen molar-refractivity contribution >= 4 is 11.6 Å². The van der Waals surface area contributed by atoms with Gasteiger partial charge in [0.15, 0.2) is 0 Å². The van der Waals surface area contributed by atoms with Crippen molar-refractivity contribution in [2.45, 2.75) is 72.3 Å². The number of ether oxygens (including phenoxy) is 3. The number of aromatic nitrogens is 1. The van der Waals surface area contributed by atoms with Crippen LogP contribution in [0.5, 0.6) is 17.2 Å². The molecule has 0 saturated carbocycles. The van der Waals surface area contributed by atoms with E-state index in [9.17, 15) is 15.5 Å². The molecule has 1 fully saturated rings. The zero-order valence-electron chi connectivity index (χ0n) is 30.1. The molecule has 1 saturated heterocycles. The van der Waals surface area contributed by atoms with E-state index < -0.39 is 5.54 Å². The standard InChI is InChI=1S/C41H49ClN4O5/c1-28-33(10-7-11-34(28)35-12-8-13-37(29(35)2)49-17-9-16-46-14-5-6-15-46)25-51-39-19-38(50-24-32-18-31(20-43)21-44-22-32)36(30(3)40(39)42)23-45-41(4,26-47)27-48/h7-8,10-13,18-19,21-22,45,47-48H,5-6,9,14-17,23-27H2,1-4H3. The average molecular weight is 713 g/mol. The fourth-order valence-electron chi connectivity index (χ4n) is 6.30. The van der Waals surface area contributed by atoms with E-state index in [0.29, 0.717) is 28.7 Å². The summed E-state index contributed by atoms with van der Waals surface area (Å²) in [5.41, 5.74) is 7.26. The Labute approximate surface area is 306 Å². The van der Waals surface area contributed by atoms with Crippen molar-refractivity contribution in [2.75, 3.05) is 39.5 Å². The van der Waals surface area contributed by atoms with E-state index in [0.717, 1.165) is 63.2 Å². The first-order chi connectivity index (χ1) is 24.7. The van der Waals surface area contributed by atoms with Crippen molar-refractivity contribution < 1.29 is 24.4 Å². The number of aliphatic hydroxyl groups is 2. The van der Waals surface area contributed by atoms with Gasteiger partial charge in [0, 0.05) is 42.7 Å². The van der Waals surface area contributed by atoms with Crippen LogP contribution in [-0.4, -0.2) is 65.1 Å². The topological polar surface area (TPSA) is 120 Å². The SMILES string of the molecule is Cc1c(COc2cc(OCc3cncc(C#N)c3)c(CNC(C)(CO)CO)c(C)c2Cl)cccc1-c1cccc(OCCCN2CCCC2)c1C. The molecule has 0 aliphatic carbocycles. The predicted molar refractivity (Wildman–Crippen MR) is 200 cm³/mol. The molecule has 1 aliphatic rings. The average Bonchev–Trinajstić information content (AvgIpc) is 3.68. The lowest BCUT2D eigenvalue weighted by atomic mass is 9.93. The summed E-state index contributed by atoms with van der Waals surface area (Å²) in [5, 5.41) is 32.7. The Kier molecular flexibility index (Phi) is 13.3. The maximum absolute atomic E-state index is 9.86. The Bertz CT molecular complexity index is 1830. The van der Waals surface area contributed by atoms with E-state index in [1.807, 2.05) is 19.1 Å². The second-order valence-corrected chi connectivity index (χ2v) is 13.9. The number of aliphatic hydroxyl groups excluding tert-OH is 2. The van der Waals surface area contributed by atoms with Crippen LogP contribution in [-0.2, 0) is 19.8 Å². The quantitative estimate of drug-likeness (QED) is 0.0989. The van der Waals surface area contributed by atoms with Gasteiger partial charge in [-0.1, -0.05) is 41.9 Å². The van der Waals surface area contributed by atoms with E-state index in [4.69, 9.17) is 25.8 Å². The van der Waals surface area contributed by atoms with Crippen molar-refractivity contribution in [1.82, 2.24) is 15.2 Å². The van der Waals surface area contributed by atoms with Crippen molar-refractivity contribution in [1.29, 1.82) is 5.26 Å². The van der Waals surface area contributed by atoms with Gasteiger partial charge in [-0.05, 0) is 106 Å². The lowest BCUT2D eigenvalue weighted by Crippen LogP contribution is -2.48. The third-order valence-electron chi connectivity index (χ3n) is 9.74. The Morgan fingerprint density at radius 1 is 0.882 bits per heavy atom. The molecule has 0 radical (unpaired) electrons. The van der Waals surface area contributed by atoms with Gasteiger partial charge in [0.1, 0.15) is 36.5 Å². The molecule has 0 spiro atoms. The molecule has 2 heterocycles. The Balaban J connectivity index is 1.35. The summed E-state index contributed by atoms with van der Waals surface area (Å²) >= 11 is 6.94. The summed E-state index contributed by atoms with van der Waals surface area (Å²) in [4.78, 5) is 6.66. The van der Waals surface area contributed by atoms with E-state index in [2.05, 4.69) is 59.4 Å². The number of pyridine rings is 1. The lowest BCUT2D eigenvalue weighted by Gasteiger charge is -2.28. The van der Waals surface area contributed by atoms with E-state index in [1.165, 1.54) is 32.1 Å². The highest BCUT2D eigenvalue weighted by Crippen LogP contribution is 2.39. The van der Waals surface area contributed by atoms with Crippen molar-refractivity contribution in [3.63, 3.8) is 0 Å². The van der Waals surface area contributed by atoms with Crippen LogP contribution in [0.4, 0.5) is 0 Å². The van der Waals surface area contributed by atoms with E-state index in [-0.39, 0.29) is 33.0 Å². The van der Waals surface area contributed by atoms with Crippen LogP contribution in [0.25, 0.3) is 11.1 Å². The first-order valence-electron chi connectivity index (χ1n) is 17.6. The van der Waals surface area contributed by atoms with Crippen molar-refractivity contribution in [3.05, 3.63) is 105 Å². The third kappa shape index (κ3) is 9.59. The minimum absolute atomic E-state index is 0.162. The number of nitrogens with zero attached hydrogens (tertiary/aromatic N) is 3. The van der Waals surface area contributed by atoms with Gasteiger partial charge in [0.05, 0.1) is 35.9 Å². The molecule has 1 aromatic heterocycles. The molecule has 0 bridgehead atoms. The molecular weight excluding hydrogens is 664 g/mol. The smallest absolute Gasteiger partial charge is 0.142 e. The summed E-state index contributed by atoms with van der Waals surface area (Å²) in [6, 6.07) is 18.1. The molecule has 51 heavy (non-hydrogen) atoms. The van der Waals surface area contributed by atoms with Crippen molar-refractivity contribution in [2.24, 2.45) is 0 Å². The number of likely N-dealkylation sites (tertiary alicyclic amines) is 1. The summed E-state index contributed by atoms with van der Waals surface area (Å²) in [7, 11) is 0. The molecule has 4 aromatic rings. The summed E-state index contributed by atoms with van der Waals surface area (Å²) in [6.07, 6.45) is 6.77. The highest BCUT2D eigenvalue weighted by atomic mass is 35.5. The second-order valence-electron chi connectivity index (χ2n) is 13.6. The highest BCUT2D eigenvalue weighted by Gasteiger charge is 2.24. The summed E-state index contributed by atoms with van der Waals surface area (Å²) in [5.74, 6) is 1.90. The van der Waals surface area contributed by atoms with Gasteiger partial charge in [0.2, 0.25) is 0 Å². The third-order valence-corrected chi connectivity index (χ3v) is 10.2. The lowest BCUT2D eigenvalue weighted by molar-refractivity contribution is 0.103. The minimum Gasteiger partial charge on any atom is -0.493 e. The van der Waals surface area contributed by atoms with Crippen LogP contribution in [0.2, 0.25) is 5.02 Å². The molecule has 1 aliphatic heterocycles. The number of hydrogen-bond acceptors (Lipinski definition) is 9. The number of nitrogens with one attached hydrogen (secondary N) is 1. The zero-order chi connectivity index (χ0) is 36.4. The van der Waals surface area contributed by atoms with Crippen LogP contribution >= 0.6 is 11.6 Å². The van der Waals surface area contributed by atoms with E-state index in [1.54, 1.807) is 25.3 Å². The van der Waals surface area contributed by atoms with Crippen LogP contribution in [0.15, 0.2) is 60.9 Å². The van der Waals surface area contributed by atoms with Crippen LogP contribution < -0.4 is 19.5 Å². The van der Waals surface area contributed by atoms with Gasteiger partial charge in [0.25, 0.3) is 0 Å². The normalized spacial score (nSPS) is 13.3. The van der Waals surface area contributed by atoms with Gasteiger partial charge in [-0.3, -0.25) is 4.98 Å². The monoisotopic (exact) mass is 712 g/mol. The first-order valence-corrected chi connectivity index (χ1v) is 18.0.